The summed E-state index contributed by atoms with van der Waals surface area (Å²) in [6, 6.07) is 9.51. The predicted octanol–water partition coefficient (Wildman–Crippen LogP) is 3.72. The quantitative estimate of drug-likeness (QED) is 0.794. The van der Waals surface area contributed by atoms with Crippen molar-refractivity contribution >= 4 is 42.1 Å². The topological polar surface area (TPSA) is 59.2 Å². The second-order valence-corrected chi connectivity index (χ2v) is 5.49. The number of fused-ring (bicyclic) bond motifs is 1. The lowest BCUT2D eigenvalue weighted by molar-refractivity contribution is 0.0984. The molecule has 4 nitrogen and oxygen atoms in total. The van der Waals surface area contributed by atoms with Crippen LogP contribution >= 0.6 is 24.8 Å². The van der Waals surface area contributed by atoms with E-state index in [0.717, 1.165) is 47.7 Å². The second kappa shape index (κ2) is 7.66. The fourth-order valence-electron chi connectivity index (χ4n) is 2.92. The van der Waals surface area contributed by atoms with E-state index < -0.39 is 0 Å². The molecule has 0 bridgehead atoms. The lowest BCUT2D eigenvalue weighted by Crippen LogP contribution is -2.36. The molecule has 6 heteroatoms. The Morgan fingerprint density at radius 2 is 1.91 bits per heavy atom. The van der Waals surface area contributed by atoms with E-state index in [1.165, 1.54) is 0 Å². The van der Waals surface area contributed by atoms with Gasteiger partial charge < -0.3 is 10.6 Å². The largest absolute Gasteiger partial charge is 0.398 e. The minimum Gasteiger partial charge on any atom is -0.398 e. The van der Waals surface area contributed by atoms with Crippen molar-refractivity contribution in [1.29, 1.82) is 0 Å². The monoisotopic (exact) mass is 353 g/mol. The Morgan fingerprint density at radius 1 is 1.17 bits per heavy atom. The van der Waals surface area contributed by atoms with Crippen molar-refractivity contribution < 1.29 is 4.79 Å². The first kappa shape index (κ1) is 19.3. The molecule has 1 amide bonds. The van der Waals surface area contributed by atoms with Crippen LogP contribution in [0.15, 0.2) is 30.3 Å². The molecule has 1 aliphatic rings. The molecule has 0 saturated heterocycles. The number of nitrogens with two attached hydrogens (primary N) is 1. The van der Waals surface area contributed by atoms with Crippen LogP contribution in [0.4, 0.5) is 11.4 Å². The molecule has 124 valence electrons. The van der Waals surface area contributed by atoms with Crippen LogP contribution in [0.2, 0.25) is 0 Å². The highest BCUT2D eigenvalue weighted by atomic mass is 35.5. The number of nitrogens with zero attached hydrogens (tertiary/aromatic N) is 2. The van der Waals surface area contributed by atoms with Crippen molar-refractivity contribution in [2.45, 2.75) is 26.7 Å². The van der Waals surface area contributed by atoms with Gasteiger partial charge >= 0.3 is 0 Å². The summed E-state index contributed by atoms with van der Waals surface area (Å²) < 4.78 is 0. The number of carbonyl (C=O) groups excluding carboxylic acids is 1. The Balaban J connectivity index is 0.00000132. The van der Waals surface area contributed by atoms with Crippen LogP contribution in [0.25, 0.3) is 0 Å². The molecule has 3 rings (SSSR count). The van der Waals surface area contributed by atoms with Gasteiger partial charge in [-0.05, 0) is 56.5 Å². The normalized spacial score (nSPS) is 12.7. The third kappa shape index (κ3) is 3.59. The van der Waals surface area contributed by atoms with Crippen LogP contribution in [0.3, 0.4) is 0 Å². The molecule has 0 aliphatic carbocycles. The van der Waals surface area contributed by atoms with Crippen LogP contribution in [0, 0.1) is 13.8 Å². The summed E-state index contributed by atoms with van der Waals surface area (Å²) >= 11 is 0. The number of aromatic nitrogens is 1. The van der Waals surface area contributed by atoms with Gasteiger partial charge in [-0.2, -0.15) is 0 Å². The number of halogens is 2. The molecule has 1 aromatic heterocycles. The fourth-order valence-corrected chi connectivity index (χ4v) is 2.92. The van der Waals surface area contributed by atoms with Crippen molar-refractivity contribution in [3.05, 3.63) is 52.8 Å². The van der Waals surface area contributed by atoms with Gasteiger partial charge in [-0.3, -0.25) is 9.78 Å². The Bertz CT molecular complexity index is 719. The molecule has 0 atom stereocenters. The number of hydrogen-bond donors (Lipinski definition) is 1. The van der Waals surface area contributed by atoms with Crippen molar-refractivity contribution in [2.24, 2.45) is 0 Å². The molecule has 2 heterocycles. The predicted molar refractivity (Wildman–Crippen MR) is 99.1 cm³/mol. The highest BCUT2D eigenvalue weighted by Crippen LogP contribution is 2.32. The molecule has 0 radical (unpaired) electrons. The Hall–Kier alpha value is -1.78. The summed E-state index contributed by atoms with van der Waals surface area (Å²) in [5, 5.41) is 0. The molecule has 1 aliphatic heterocycles. The molecular weight excluding hydrogens is 333 g/mol. The van der Waals surface area contributed by atoms with E-state index >= 15 is 0 Å². The third-order valence-electron chi connectivity index (χ3n) is 3.99. The molecule has 2 aromatic rings. The van der Waals surface area contributed by atoms with E-state index in [9.17, 15) is 4.79 Å². The first-order valence-electron chi connectivity index (χ1n) is 7.21. The van der Waals surface area contributed by atoms with Gasteiger partial charge in [0.1, 0.15) is 0 Å². The average molecular weight is 354 g/mol. The van der Waals surface area contributed by atoms with Crippen molar-refractivity contribution in [3.8, 4) is 0 Å². The summed E-state index contributed by atoms with van der Waals surface area (Å²) in [5.74, 6) is 0.00606. The first-order valence-corrected chi connectivity index (χ1v) is 7.21. The molecule has 0 unspecified atom stereocenters. The molecule has 1 aromatic carbocycles. The maximum atomic E-state index is 12.9. The van der Waals surface area contributed by atoms with Crippen LogP contribution in [0.1, 0.15) is 33.7 Å². The zero-order valence-corrected chi connectivity index (χ0v) is 14.8. The summed E-state index contributed by atoms with van der Waals surface area (Å²) in [4.78, 5) is 19.1. The van der Waals surface area contributed by atoms with Crippen molar-refractivity contribution in [1.82, 2.24) is 4.98 Å². The number of amides is 1. The Kier molecular flexibility index (Phi) is 6.42. The molecule has 0 fully saturated rings. The molecule has 2 N–H and O–H groups in total. The van der Waals surface area contributed by atoms with Crippen LogP contribution < -0.4 is 10.6 Å². The zero-order chi connectivity index (χ0) is 15.0. The minimum atomic E-state index is 0. The number of nitrogen functional groups attached to an aromatic ring is 1. The van der Waals surface area contributed by atoms with Gasteiger partial charge in [-0.25, -0.2) is 0 Å². The van der Waals surface area contributed by atoms with Crippen LogP contribution in [-0.4, -0.2) is 17.4 Å². The van der Waals surface area contributed by atoms with E-state index in [-0.39, 0.29) is 30.7 Å². The second-order valence-electron chi connectivity index (χ2n) is 5.49. The molecule has 0 saturated carbocycles. The number of rotatable bonds is 1. The van der Waals surface area contributed by atoms with E-state index in [4.69, 9.17) is 5.73 Å². The van der Waals surface area contributed by atoms with E-state index in [1.54, 1.807) is 0 Å². The summed E-state index contributed by atoms with van der Waals surface area (Å²) in [6.07, 6.45) is 1.86. The maximum Gasteiger partial charge on any atom is 0.260 e. The Labute approximate surface area is 148 Å². The maximum absolute atomic E-state index is 12.9. The summed E-state index contributed by atoms with van der Waals surface area (Å²) in [5.41, 5.74) is 11.2. The van der Waals surface area contributed by atoms with Gasteiger partial charge in [0.25, 0.3) is 5.91 Å². The van der Waals surface area contributed by atoms with Crippen LogP contribution in [-0.2, 0) is 6.42 Å². The Morgan fingerprint density at radius 3 is 2.61 bits per heavy atom. The van der Waals surface area contributed by atoms with Gasteiger partial charge in [-0.15, -0.1) is 24.8 Å². The number of anilines is 2. The number of hydrogen-bond acceptors (Lipinski definition) is 3. The minimum absolute atomic E-state index is 0. The first-order chi connectivity index (χ1) is 10.1. The van der Waals surface area contributed by atoms with Gasteiger partial charge in [0.05, 0.1) is 11.3 Å². The third-order valence-corrected chi connectivity index (χ3v) is 3.99. The van der Waals surface area contributed by atoms with Crippen LogP contribution in [0.5, 0.6) is 0 Å². The average Bonchev–Trinajstić information content (AvgIpc) is 2.46. The van der Waals surface area contributed by atoms with Crippen molar-refractivity contribution in [3.63, 3.8) is 0 Å². The lowest BCUT2D eigenvalue weighted by atomic mass is 9.99. The summed E-state index contributed by atoms with van der Waals surface area (Å²) in [6.45, 7) is 4.53. The van der Waals surface area contributed by atoms with E-state index in [1.807, 2.05) is 49.1 Å². The molecular formula is C17H21Cl2N3O. The van der Waals surface area contributed by atoms with E-state index in [2.05, 4.69) is 4.98 Å². The van der Waals surface area contributed by atoms with Gasteiger partial charge in [0.2, 0.25) is 0 Å². The number of carbonyl (C=O) groups is 1. The fraction of sp³-hybridized carbons (Fsp3) is 0.294. The standard InChI is InChI=1S/C17H19N3O.2ClH/c1-11-8-9-13(12(2)19-11)17(21)20-10-4-5-14-15(18)6-3-7-16(14)20;;/h3,6-9H,4-5,10,18H2,1-2H3;2*1H. The SMILES string of the molecule is Cc1ccc(C(=O)N2CCCc3c(N)cccc32)c(C)n1.Cl.Cl. The highest BCUT2D eigenvalue weighted by Gasteiger charge is 2.25. The highest BCUT2D eigenvalue weighted by molar-refractivity contribution is 6.07. The van der Waals surface area contributed by atoms with Gasteiger partial charge in [0, 0.05) is 23.6 Å². The van der Waals surface area contributed by atoms with Gasteiger partial charge in [-0.1, -0.05) is 6.07 Å². The van der Waals surface area contributed by atoms with E-state index in [0.29, 0.717) is 5.56 Å². The number of benzene rings is 1. The molecule has 0 spiro atoms. The smallest absolute Gasteiger partial charge is 0.260 e. The zero-order valence-electron chi connectivity index (χ0n) is 13.2. The van der Waals surface area contributed by atoms with Gasteiger partial charge in [0.15, 0.2) is 0 Å². The lowest BCUT2D eigenvalue weighted by Gasteiger charge is -2.30. The number of pyridine rings is 1. The number of aryl methyl sites for hydroxylation is 2. The van der Waals surface area contributed by atoms with Crippen molar-refractivity contribution in [2.75, 3.05) is 17.2 Å². The summed E-state index contributed by atoms with van der Waals surface area (Å²) in [7, 11) is 0. The molecule has 23 heavy (non-hydrogen) atoms.